The van der Waals surface area contributed by atoms with E-state index in [4.69, 9.17) is 15.0 Å². The standard InChI is InChI=1S/C76H46N8/c77-47-48-35-39-70(83-68-33-17-11-27-58(68)62-45-52(37-41-72(62)83)81-64-29-13-7-23-54(64)55-24-8-14-30-65(55)81)60(43-48)61-44-51(76-79-74(49-19-3-1-4-20-49)78-75(80-76)50-21-5-2-6-22-50)36-40-71(61)84-69-34-18-12-28-59(69)63-46-53(38-42-73(63)84)82-66-31-15-9-25-56(66)57-26-10-16-32-67(57)82/h1-46H. The molecule has 0 bridgehead atoms. The van der Waals surface area contributed by atoms with Crippen LogP contribution in [0.3, 0.4) is 0 Å². The highest BCUT2D eigenvalue weighted by molar-refractivity contribution is 6.15. The molecule has 0 saturated heterocycles. The molecule has 0 atom stereocenters. The number of nitrogens with zero attached hydrogens (tertiary/aromatic N) is 8. The summed E-state index contributed by atoms with van der Waals surface area (Å²) in [5.74, 6) is 1.68. The van der Waals surface area contributed by atoms with E-state index in [0.717, 1.165) is 116 Å². The Labute approximate surface area is 481 Å². The summed E-state index contributed by atoms with van der Waals surface area (Å²) < 4.78 is 9.54. The van der Waals surface area contributed by atoms with Crippen molar-refractivity contribution in [1.29, 1.82) is 5.26 Å². The number of hydrogen-bond donors (Lipinski definition) is 0. The van der Waals surface area contributed by atoms with E-state index in [0.29, 0.717) is 23.0 Å². The summed E-state index contributed by atoms with van der Waals surface area (Å²) in [4.78, 5) is 15.6. The zero-order valence-corrected chi connectivity index (χ0v) is 45.1. The van der Waals surface area contributed by atoms with Crippen LogP contribution in [0.25, 0.3) is 155 Å². The molecule has 0 spiro atoms. The first-order chi connectivity index (χ1) is 41.6. The van der Waals surface area contributed by atoms with Gasteiger partial charge in [-0.3, -0.25) is 0 Å². The van der Waals surface area contributed by atoms with Gasteiger partial charge in [-0.15, -0.1) is 0 Å². The van der Waals surface area contributed by atoms with Gasteiger partial charge in [0.1, 0.15) is 0 Å². The van der Waals surface area contributed by atoms with Crippen LogP contribution in [-0.2, 0) is 0 Å². The van der Waals surface area contributed by atoms with Crippen LogP contribution in [0.2, 0.25) is 0 Å². The van der Waals surface area contributed by atoms with E-state index in [1.54, 1.807) is 0 Å². The van der Waals surface area contributed by atoms with Crippen molar-refractivity contribution in [3.8, 4) is 74.1 Å². The Kier molecular flexibility index (Phi) is 10.5. The fraction of sp³-hybridized carbons (Fsp3) is 0. The van der Waals surface area contributed by atoms with Crippen molar-refractivity contribution in [2.75, 3.05) is 0 Å². The molecular formula is C76H46N8. The van der Waals surface area contributed by atoms with E-state index in [-0.39, 0.29) is 0 Å². The molecule has 0 fully saturated rings. The van der Waals surface area contributed by atoms with Crippen molar-refractivity contribution in [2.45, 2.75) is 0 Å². The third kappa shape index (κ3) is 7.23. The number of para-hydroxylation sites is 6. The predicted octanol–water partition coefficient (Wildman–Crippen LogP) is 18.8. The number of hydrogen-bond acceptors (Lipinski definition) is 4. The van der Waals surface area contributed by atoms with Crippen LogP contribution in [0.15, 0.2) is 279 Å². The average molecular weight is 1070 g/mol. The van der Waals surface area contributed by atoms with E-state index >= 15 is 0 Å². The van der Waals surface area contributed by atoms with Gasteiger partial charge in [-0.1, -0.05) is 170 Å². The molecule has 5 aromatic heterocycles. The normalized spacial score (nSPS) is 11.8. The zero-order valence-electron chi connectivity index (χ0n) is 45.1. The Morgan fingerprint density at radius 2 is 0.571 bits per heavy atom. The minimum atomic E-state index is 0.529. The van der Waals surface area contributed by atoms with Crippen LogP contribution in [-0.4, -0.2) is 33.2 Å². The van der Waals surface area contributed by atoms with Crippen LogP contribution in [0.4, 0.5) is 0 Å². The van der Waals surface area contributed by atoms with Crippen molar-refractivity contribution in [1.82, 2.24) is 33.2 Å². The number of aromatic nitrogens is 7. The van der Waals surface area contributed by atoms with E-state index < -0.39 is 0 Å². The Bertz CT molecular complexity index is 5420. The second-order valence-electron chi connectivity index (χ2n) is 21.5. The lowest BCUT2D eigenvalue weighted by Gasteiger charge is -2.20. The summed E-state index contributed by atoms with van der Waals surface area (Å²) in [5.41, 5.74) is 17.7. The number of fused-ring (bicyclic) bond motifs is 12. The van der Waals surface area contributed by atoms with Crippen molar-refractivity contribution in [3.63, 3.8) is 0 Å². The molecule has 0 amide bonds. The Hall–Kier alpha value is -11.7. The van der Waals surface area contributed by atoms with Gasteiger partial charge in [0.2, 0.25) is 0 Å². The van der Waals surface area contributed by atoms with Gasteiger partial charge in [-0.05, 0) is 109 Å². The highest BCUT2D eigenvalue weighted by Crippen LogP contribution is 2.45. The van der Waals surface area contributed by atoms with Crippen LogP contribution < -0.4 is 0 Å². The third-order valence-corrected chi connectivity index (χ3v) is 16.8. The lowest BCUT2D eigenvalue weighted by Crippen LogP contribution is -2.04. The Morgan fingerprint density at radius 3 is 0.976 bits per heavy atom. The molecule has 17 rings (SSSR count). The molecule has 0 radical (unpaired) electrons. The minimum absolute atomic E-state index is 0.529. The third-order valence-electron chi connectivity index (χ3n) is 16.8. The lowest BCUT2D eigenvalue weighted by atomic mass is 9.96. The van der Waals surface area contributed by atoms with Crippen molar-refractivity contribution >= 4 is 87.2 Å². The summed E-state index contributed by atoms with van der Waals surface area (Å²) in [7, 11) is 0. The molecule has 12 aromatic carbocycles. The quantitative estimate of drug-likeness (QED) is 0.152. The maximum atomic E-state index is 10.9. The molecule has 0 saturated carbocycles. The van der Waals surface area contributed by atoms with Gasteiger partial charge in [-0.2, -0.15) is 5.26 Å². The molecule has 0 N–H and O–H groups in total. The predicted molar refractivity (Wildman–Crippen MR) is 344 cm³/mol. The topological polar surface area (TPSA) is 82.2 Å². The monoisotopic (exact) mass is 1070 g/mol. The Morgan fingerprint density at radius 1 is 0.250 bits per heavy atom. The molecule has 5 heterocycles. The molecule has 17 aromatic rings. The molecule has 0 aliphatic rings. The maximum absolute atomic E-state index is 10.9. The SMILES string of the molecule is N#Cc1ccc(-n2c3ccccc3c3cc(-n4c5ccccc5c5ccccc54)ccc32)c(-c2cc(-c3nc(-c4ccccc4)nc(-c4ccccc4)n3)ccc2-n2c3ccccc3c3cc(-n4c5ccccc5c5ccccc54)ccc32)c1. The van der Waals surface area contributed by atoms with Gasteiger partial charge in [0.25, 0.3) is 0 Å². The van der Waals surface area contributed by atoms with Crippen molar-refractivity contribution < 1.29 is 0 Å². The van der Waals surface area contributed by atoms with Gasteiger partial charge in [-0.25, -0.2) is 15.0 Å². The lowest BCUT2D eigenvalue weighted by molar-refractivity contribution is 1.07. The number of rotatable bonds is 8. The van der Waals surface area contributed by atoms with Crippen LogP contribution in [0.5, 0.6) is 0 Å². The van der Waals surface area contributed by atoms with Crippen LogP contribution in [0, 0.1) is 11.3 Å². The van der Waals surface area contributed by atoms with Crippen LogP contribution in [0.1, 0.15) is 5.56 Å². The van der Waals surface area contributed by atoms with E-state index in [1.165, 1.54) is 21.5 Å². The highest BCUT2D eigenvalue weighted by atomic mass is 15.0. The van der Waals surface area contributed by atoms with E-state index in [1.807, 2.05) is 66.7 Å². The summed E-state index contributed by atoms with van der Waals surface area (Å²) in [6.45, 7) is 0. The van der Waals surface area contributed by atoms with Crippen molar-refractivity contribution in [2.24, 2.45) is 0 Å². The summed E-state index contributed by atoms with van der Waals surface area (Å²) >= 11 is 0. The average Bonchev–Trinajstić information content (AvgIpc) is 2.21. The second-order valence-corrected chi connectivity index (χ2v) is 21.5. The van der Waals surface area contributed by atoms with Crippen molar-refractivity contribution in [3.05, 3.63) is 285 Å². The molecule has 8 heteroatoms. The summed E-state index contributed by atoms with van der Waals surface area (Å²) in [5, 5.41) is 20.3. The minimum Gasteiger partial charge on any atom is -0.309 e. The first-order valence-electron chi connectivity index (χ1n) is 28.2. The first-order valence-corrected chi connectivity index (χ1v) is 28.2. The molecule has 0 unspecified atom stereocenters. The Balaban J connectivity index is 0.939. The molecule has 8 nitrogen and oxygen atoms in total. The summed E-state index contributed by atoms with van der Waals surface area (Å²) in [6.07, 6.45) is 0. The highest BCUT2D eigenvalue weighted by Gasteiger charge is 2.25. The zero-order chi connectivity index (χ0) is 55.4. The smallest absolute Gasteiger partial charge is 0.164 e. The van der Waals surface area contributed by atoms with E-state index in [9.17, 15) is 5.26 Å². The largest absolute Gasteiger partial charge is 0.309 e. The molecule has 0 aliphatic carbocycles. The number of nitriles is 1. The van der Waals surface area contributed by atoms with Gasteiger partial charge >= 0.3 is 0 Å². The molecular weight excluding hydrogens is 1020 g/mol. The van der Waals surface area contributed by atoms with E-state index in [2.05, 4.69) is 237 Å². The number of benzene rings is 12. The second kappa shape index (κ2) is 18.7. The summed E-state index contributed by atoms with van der Waals surface area (Å²) in [6, 6.07) is 101. The fourth-order valence-electron chi connectivity index (χ4n) is 13.2. The molecule has 84 heavy (non-hydrogen) atoms. The van der Waals surface area contributed by atoms with Gasteiger partial charge in [0, 0.05) is 82.3 Å². The molecule has 390 valence electrons. The molecule has 0 aliphatic heterocycles. The fourth-order valence-corrected chi connectivity index (χ4v) is 13.2. The van der Waals surface area contributed by atoms with Gasteiger partial charge in [0.15, 0.2) is 17.5 Å². The van der Waals surface area contributed by atoms with Gasteiger partial charge < -0.3 is 18.3 Å². The van der Waals surface area contributed by atoms with Gasteiger partial charge in [0.05, 0.1) is 67.1 Å². The van der Waals surface area contributed by atoms with Crippen LogP contribution >= 0.6 is 0 Å². The first kappa shape index (κ1) is 47.2. The maximum Gasteiger partial charge on any atom is 0.164 e.